The van der Waals surface area contributed by atoms with Crippen LogP contribution in [0.1, 0.15) is 42.8 Å². The van der Waals surface area contributed by atoms with E-state index in [0.29, 0.717) is 5.89 Å². The lowest BCUT2D eigenvalue weighted by Gasteiger charge is -2.35. The van der Waals surface area contributed by atoms with Crippen molar-refractivity contribution in [2.45, 2.75) is 39.3 Å². The van der Waals surface area contributed by atoms with E-state index in [0.717, 1.165) is 37.4 Å². The second-order valence-electron chi connectivity index (χ2n) is 5.74. The van der Waals surface area contributed by atoms with Crippen molar-refractivity contribution in [2.24, 2.45) is 0 Å². The number of fused-ring (bicyclic) bond motifs is 1. The third kappa shape index (κ3) is 2.90. The fourth-order valence-corrected chi connectivity index (χ4v) is 2.88. The fourth-order valence-electron chi connectivity index (χ4n) is 2.88. The van der Waals surface area contributed by atoms with Gasteiger partial charge in [-0.05, 0) is 24.5 Å². The van der Waals surface area contributed by atoms with Gasteiger partial charge in [0, 0.05) is 19.5 Å². The largest absolute Gasteiger partial charge is 0.424 e. The minimum atomic E-state index is 0.143. The summed E-state index contributed by atoms with van der Waals surface area (Å²) < 4.78 is 5.81. The van der Waals surface area contributed by atoms with Gasteiger partial charge in [-0.3, -0.25) is 4.90 Å². The van der Waals surface area contributed by atoms with E-state index < -0.39 is 0 Å². The molecule has 1 atom stereocenters. The number of nitrogens with zero attached hydrogens (tertiary/aromatic N) is 3. The van der Waals surface area contributed by atoms with Gasteiger partial charge in [0.2, 0.25) is 11.8 Å². The summed E-state index contributed by atoms with van der Waals surface area (Å²) in [5, 5.41) is 8.37. The first-order valence-corrected chi connectivity index (χ1v) is 7.45. The molecule has 3 rings (SSSR count). The van der Waals surface area contributed by atoms with Crippen LogP contribution in [0.4, 0.5) is 0 Å². The van der Waals surface area contributed by atoms with Gasteiger partial charge in [-0.25, -0.2) is 0 Å². The van der Waals surface area contributed by atoms with E-state index in [4.69, 9.17) is 4.42 Å². The Bertz CT molecular complexity index is 647. The second-order valence-corrected chi connectivity index (χ2v) is 5.74. The molecule has 0 bridgehead atoms. The molecule has 0 saturated heterocycles. The molecule has 0 radical (unpaired) electrons. The molecule has 1 aromatic carbocycles. The lowest BCUT2D eigenvalue weighted by molar-refractivity contribution is 0.159. The van der Waals surface area contributed by atoms with Crippen molar-refractivity contribution in [1.82, 2.24) is 15.1 Å². The van der Waals surface area contributed by atoms with E-state index >= 15 is 0 Å². The molecule has 0 amide bonds. The normalized spacial score (nSPS) is 18.5. The molecule has 1 aromatic heterocycles. The van der Waals surface area contributed by atoms with Crippen LogP contribution < -0.4 is 0 Å². The Balaban J connectivity index is 1.93. The van der Waals surface area contributed by atoms with Crippen molar-refractivity contribution in [3.05, 3.63) is 59.3 Å². The van der Waals surface area contributed by atoms with Gasteiger partial charge in [-0.1, -0.05) is 43.3 Å². The summed E-state index contributed by atoms with van der Waals surface area (Å²) in [7, 11) is 0. The molecule has 2 heterocycles. The molecule has 2 aromatic rings. The number of aryl methyl sites for hydroxylation is 1. The van der Waals surface area contributed by atoms with Crippen molar-refractivity contribution in [2.75, 3.05) is 6.54 Å². The molecule has 0 saturated carbocycles. The molecule has 0 unspecified atom stereocenters. The zero-order valence-corrected chi connectivity index (χ0v) is 12.7. The van der Waals surface area contributed by atoms with Crippen molar-refractivity contribution >= 4 is 0 Å². The summed E-state index contributed by atoms with van der Waals surface area (Å²) in [4.78, 5) is 2.37. The van der Waals surface area contributed by atoms with Gasteiger partial charge in [0.1, 0.15) is 0 Å². The molecular formula is C17H21N3O. The molecule has 1 aliphatic heterocycles. The Kier molecular flexibility index (Phi) is 3.88. The lowest BCUT2D eigenvalue weighted by Crippen LogP contribution is -2.35. The summed E-state index contributed by atoms with van der Waals surface area (Å²) in [5.41, 5.74) is 3.90. The first-order valence-electron chi connectivity index (χ1n) is 7.45. The first-order chi connectivity index (χ1) is 10.2. The van der Waals surface area contributed by atoms with Gasteiger partial charge >= 0.3 is 0 Å². The maximum atomic E-state index is 5.81. The fraction of sp³-hybridized carbons (Fsp3) is 0.412. The average molecular weight is 283 g/mol. The number of aromatic nitrogens is 2. The van der Waals surface area contributed by atoms with E-state index in [2.05, 4.69) is 52.9 Å². The van der Waals surface area contributed by atoms with E-state index in [1.807, 2.05) is 6.92 Å². The predicted molar refractivity (Wildman–Crippen MR) is 81.8 cm³/mol. The molecule has 110 valence electrons. The first kappa shape index (κ1) is 14.0. The van der Waals surface area contributed by atoms with Crippen molar-refractivity contribution in [1.29, 1.82) is 0 Å². The topological polar surface area (TPSA) is 42.2 Å². The highest BCUT2D eigenvalue weighted by Crippen LogP contribution is 2.32. The van der Waals surface area contributed by atoms with Crippen molar-refractivity contribution < 1.29 is 4.42 Å². The third-order valence-corrected chi connectivity index (χ3v) is 3.89. The summed E-state index contributed by atoms with van der Waals surface area (Å²) in [6, 6.07) is 8.72. The van der Waals surface area contributed by atoms with Crippen LogP contribution >= 0.6 is 0 Å². The van der Waals surface area contributed by atoms with Gasteiger partial charge in [0.15, 0.2) is 0 Å². The van der Waals surface area contributed by atoms with Gasteiger partial charge in [-0.15, -0.1) is 10.2 Å². The van der Waals surface area contributed by atoms with E-state index in [9.17, 15) is 0 Å². The molecule has 1 aliphatic rings. The molecule has 4 nitrogen and oxygen atoms in total. The SMILES string of the molecule is C=C(C)CN1Cc2ccccc2C[C@H]1c1nnc(CC)o1. The zero-order valence-electron chi connectivity index (χ0n) is 12.7. The Morgan fingerprint density at radius 1 is 1.33 bits per heavy atom. The molecule has 0 spiro atoms. The molecule has 0 aliphatic carbocycles. The van der Waals surface area contributed by atoms with Gasteiger partial charge in [0.25, 0.3) is 0 Å². The van der Waals surface area contributed by atoms with Gasteiger partial charge in [0.05, 0.1) is 6.04 Å². The highest BCUT2D eigenvalue weighted by Gasteiger charge is 2.30. The second kappa shape index (κ2) is 5.82. The Morgan fingerprint density at radius 2 is 2.10 bits per heavy atom. The highest BCUT2D eigenvalue weighted by atomic mass is 16.4. The highest BCUT2D eigenvalue weighted by molar-refractivity contribution is 5.31. The summed E-state index contributed by atoms with van der Waals surface area (Å²) >= 11 is 0. The molecule has 0 N–H and O–H groups in total. The smallest absolute Gasteiger partial charge is 0.233 e. The molecule has 21 heavy (non-hydrogen) atoms. The molecule has 4 heteroatoms. The summed E-state index contributed by atoms with van der Waals surface area (Å²) in [6.45, 7) is 9.88. The van der Waals surface area contributed by atoms with Crippen molar-refractivity contribution in [3.8, 4) is 0 Å². The van der Waals surface area contributed by atoms with Crippen molar-refractivity contribution in [3.63, 3.8) is 0 Å². The van der Waals surface area contributed by atoms with E-state index in [1.54, 1.807) is 0 Å². The van der Waals surface area contributed by atoms with Crippen LogP contribution in [0.2, 0.25) is 0 Å². The molecular weight excluding hydrogens is 262 g/mol. The molecule has 0 fully saturated rings. The van der Waals surface area contributed by atoms with E-state index in [-0.39, 0.29) is 6.04 Å². The maximum absolute atomic E-state index is 5.81. The van der Waals surface area contributed by atoms with E-state index in [1.165, 1.54) is 11.1 Å². The minimum absolute atomic E-state index is 0.143. The van der Waals surface area contributed by atoms with Crippen LogP contribution in [0.5, 0.6) is 0 Å². The average Bonchev–Trinajstić information content (AvgIpc) is 2.94. The quantitative estimate of drug-likeness (QED) is 0.807. The van der Waals surface area contributed by atoms with Crippen LogP contribution in [-0.2, 0) is 19.4 Å². The number of hydrogen-bond donors (Lipinski definition) is 0. The van der Waals surface area contributed by atoms with Gasteiger partial charge < -0.3 is 4.42 Å². The zero-order chi connectivity index (χ0) is 14.8. The summed E-state index contributed by atoms with van der Waals surface area (Å²) in [5.74, 6) is 1.43. The monoisotopic (exact) mass is 283 g/mol. The van der Waals surface area contributed by atoms with Crippen LogP contribution in [0.25, 0.3) is 0 Å². The van der Waals surface area contributed by atoms with Gasteiger partial charge in [-0.2, -0.15) is 0 Å². The Labute approximate surface area is 125 Å². The van der Waals surface area contributed by atoms with Crippen LogP contribution in [0, 0.1) is 0 Å². The summed E-state index contributed by atoms with van der Waals surface area (Å²) in [6.07, 6.45) is 1.69. The maximum Gasteiger partial charge on any atom is 0.233 e. The van der Waals surface area contributed by atoms with Crippen LogP contribution in [-0.4, -0.2) is 21.6 Å². The standard InChI is InChI=1S/C17H21N3O/c1-4-16-18-19-17(21-16)15-9-13-7-5-6-8-14(13)11-20(15)10-12(2)3/h5-8,15H,2,4,9-11H2,1,3H3/t15-/m0/s1. The lowest BCUT2D eigenvalue weighted by atomic mass is 9.93. The Morgan fingerprint density at radius 3 is 2.76 bits per heavy atom. The minimum Gasteiger partial charge on any atom is -0.424 e. The van der Waals surface area contributed by atoms with Crippen LogP contribution in [0.15, 0.2) is 40.8 Å². The Hall–Kier alpha value is -1.94. The number of rotatable bonds is 4. The van der Waals surface area contributed by atoms with Crippen LogP contribution in [0.3, 0.4) is 0 Å². The predicted octanol–water partition coefficient (Wildman–Crippen LogP) is 3.31. The number of benzene rings is 1. The number of hydrogen-bond acceptors (Lipinski definition) is 4. The third-order valence-electron chi connectivity index (χ3n) is 3.89.